The van der Waals surface area contributed by atoms with Crippen molar-refractivity contribution in [3.05, 3.63) is 126 Å². The summed E-state index contributed by atoms with van der Waals surface area (Å²) in [7, 11) is 1.64. The Balaban J connectivity index is 1.60. The number of fused-ring (bicyclic) bond motifs is 3. The normalized spacial score (nSPS) is 16.6. The molecule has 1 aliphatic carbocycles. The molecule has 0 saturated carbocycles. The van der Waals surface area contributed by atoms with Crippen molar-refractivity contribution in [1.82, 2.24) is 4.57 Å². The van der Waals surface area contributed by atoms with Gasteiger partial charge in [-0.3, -0.25) is 9.36 Å². The van der Waals surface area contributed by atoms with Crippen LogP contribution in [0.3, 0.4) is 0 Å². The van der Waals surface area contributed by atoms with E-state index in [4.69, 9.17) is 9.73 Å². The summed E-state index contributed by atoms with van der Waals surface area (Å²) in [5.41, 5.74) is 6.01. The molecule has 0 saturated heterocycles. The maximum Gasteiger partial charge on any atom is 0.271 e. The third kappa shape index (κ3) is 3.60. The van der Waals surface area contributed by atoms with Crippen LogP contribution in [-0.4, -0.2) is 17.6 Å². The second kappa shape index (κ2) is 8.77. The van der Waals surface area contributed by atoms with Crippen LogP contribution in [0.5, 0.6) is 5.75 Å². The number of rotatable bonds is 4. The number of benzene rings is 3. The molecule has 1 aromatic heterocycles. The van der Waals surface area contributed by atoms with Gasteiger partial charge in [0.2, 0.25) is 0 Å². The fourth-order valence-electron chi connectivity index (χ4n) is 5.06. The SMILES string of the molecule is COc1ccccc1[C@H]1C2=C(N=c3s/c(=C/c4ccc(C(=O)[O-])cc4)c(=O)n31)c1ccccc1CC2. The first-order valence-electron chi connectivity index (χ1n) is 11.6. The standard InChI is InChI=1S/C29H22N2O4S/c1-35-23-9-5-4-8-21(23)26-22-15-14-18-6-2-3-7-20(18)25(22)30-29-31(26)27(32)24(36-29)16-17-10-12-19(13-11-17)28(33)34/h2-13,16,26H,14-15H2,1H3,(H,33,34)/p-1/b24-16+/t26-/m0/s1. The highest BCUT2D eigenvalue weighted by atomic mass is 32.1. The van der Waals surface area contributed by atoms with Gasteiger partial charge in [0.05, 0.1) is 29.4 Å². The molecule has 1 aliphatic heterocycles. The van der Waals surface area contributed by atoms with Gasteiger partial charge in [-0.25, -0.2) is 4.99 Å². The van der Waals surface area contributed by atoms with E-state index in [1.54, 1.807) is 29.9 Å². The lowest BCUT2D eigenvalue weighted by Gasteiger charge is -2.31. The Labute approximate surface area is 210 Å². The molecule has 7 heteroatoms. The monoisotopic (exact) mass is 493 g/mol. The fraction of sp³-hybridized carbons (Fsp3) is 0.138. The first-order valence-corrected chi connectivity index (χ1v) is 12.4. The number of para-hydroxylation sites is 1. The molecule has 4 aromatic rings. The topological polar surface area (TPSA) is 83.7 Å². The van der Waals surface area contributed by atoms with Crippen molar-refractivity contribution in [2.45, 2.75) is 18.9 Å². The number of allylic oxidation sites excluding steroid dienone is 1. The van der Waals surface area contributed by atoms with Crippen LogP contribution in [0, 0.1) is 0 Å². The predicted octanol–water partition coefficient (Wildman–Crippen LogP) is 2.69. The highest BCUT2D eigenvalue weighted by molar-refractivity contribution is 7.07. The predicted molar refractivity (Wildman–Crippen MR) is 137 cm³/mol. The lowest BCUT2D eigenvalue weighted by molar-refractivity contribution is -0.255. The number of carbonyl (C=O) groups is 1. The van der Waals surface area contributed by atoms with Gasteiger partial charge in [0.1, 0.15) is 5.75 Å². The number of thiazole rings is 1. The number of hydrogen-bond acceptors (Lipinski definition) is 6. The summed E-state index contributed by atoms with van der Waals surface area (Å²) in [5, 5.41) is 11.1. The first-order chi connectivity index (χ1) is 17.5. The summed E-state index contributed by atoms with van der Waals surface area (Å²) < 4.78 is 8.01. The maximum absolute atomic E-state index is 13.8. The molecule has 36 heavy (non-hydrogen) atoms. The Morgan fingerprint density at radius 2 is 1.81 bits per heavy atom. The van der Waals surface area contributed by atoms with Gasteiger partial charge in [0.25, 0.3) is 5.56 Å². The molecule has 6 nitrogen and oxygen atoms in total. The zero-order chi connectivity index (χ0) is 24.8. The zero-order valence-corrected chi connectivity index (χ0v) is 20.2. The van der Waals surface area contributed by atoms with E-state index in [1.165, 1.54) is 29.0 Å². The van der Waals surface area contributed by atoms with Crippen LogP contribution in [0.25, 0.3) is 11.8 Å². The van der Waals surface area contributed by atoms with Crippen molar-refractivity contribution in [1.29, 1.82) is 0 Å². The maximum atomic E-state index is 13.8. The van der Waals surface area contributed by atoms with Crippen molar-refractivity contribution >= 4 is 29.1 Å². The van der Waals surface area contributed by atoms with Gasteiger partial charge in [0, 0.05) is 11.1 Å². The van der Waals surface area contributed by atoms with Crippen molar-refractivity contribution in [2.75, 3.05) is 7.11 Å². The van der Waals surface area contributed by atoms with Crippen LogP contribution in [0.1, 0.15) is 45.1 Å². The number of methoxy groups -OCH3 is 1. The Kier molecular flexibility index (Phi) is 5.42. The molecule has 0 bridgehead atoms. The fourth-order valence-corrected chi connectivity index (χ4v) is 6.06. The average Bonchev–Trinajstić information content (AvgIpc) is 3.22. The molecule has 0 fully saturated rings. The summed E-state index contributed by atoms with van der Waals surface area (Å²) in [5.74, 6) is -0.508. The molecule has 178 valence electrons. The van der Waals surface area contributed by atoms with Crippen LogP contribution < -0.4 is 24.7 Å². The van der Waals surface area contributed by atoms with Crippen LogP contribution in [0.15, 0.2) is 88.2 Å². The van der Waals surface area contributed by atoms with Gasteiger partial charge in [-0.05, 0) is 47.2 Å². The molecule has 0 spiro atoms. The largest absolute Gasteiger partial charge is 0.545 e. The van der Waals surface area contributed by atoms with E-state index >= 15 is 0 Å². The van der Waals surface area contributed by atoms with Crippen molar-refractivity contribution in [3.63, 3.8) is 0 Å². The molecule has 0 unspecified atom stereocenters. The van der Waals surface area contributed by atoms with E-state index in [0.29, 0.717) is 9.33 Å². The molecule has 0 N–H and O–H groups in total. The summed E-state index contributed by atoms with van der Waals surface area (Å²) in [6, 6.07) is 22.1. The highest BCUT2D eigenvalue weighted by Crippen LogP contribution is 2.43. The summed E-state index contributed by atoms with van der Waals surface area (Å²) >= 11 is 1.33. The van der Waals surface area contributed by atoms with Gasteiger partial charge in [-0.15, -0.1) is 0 Å². The average molecular weight is 494 g/mol. The van der Waals surface area contributed by atoms with Crippen LogP contribution in [0.2, 0.25) is 0 Å². The summed E-state index contributed by atoms with van der Waals surface area (Å²) in [4.78, 5) is 30.5. The summed E-state index contributed by atoms with van der Waals surface area (Å²) in [6.45, 7) is 0. The highest BCUT2D eigenvalue weighted by Gasteiger charge is 2.33. The minimum absolute atomic E-state index is 0.0936. The molecule has 6 rings (SSSR count). The Bertz CT molecular complexity index is 1730. The molecule has 2 aliphatic rings. The molecule has 1 atom stereocenters. The molecular formula is C29H21N2O4S-. The lowest BCUT2D eigenvalue weighted by atomic mass is 9.83. The second-order valence-corrected chi connectivity index (χ2v) is 9.77. The number of aryl methyl sites for hydroxylation is 1. The van der Waals surface area contributed by atoms with E-state index in [2.05, 4.69) is 12.1 Å². The third-order valence-electron chi connectivity index (χ3n) is 6.75. The Morgan fingerprint density at radius 3 is 2.58 bits per heavy atom. The van der Waals surface area contributed by atoms with Crippen molar-refractivity contribution < 1.29 is 14.6 Å². The Morgan fingerprint density at radius 1 is 1.06 bits per heavy atom. The number of ether oxygens (including phenoxy) is 1. The molecule has 0 radical (unpaired) electrons. The quantitative estimate of drug-likeness (QED) is 0.438. The molecule has 2 heterocycles. The van der Waals surface area contributed by atoms with E-state index in [1.807, 2.05) is 36.4 Å². The number of aromatic carboxylic acids is 1. The molecule has 0 amide bonds. The van der Waals surface area contributed by atoms with Crippen LogP contribution in [-0.2, 0) is 6.42 Å². The van der Waals surface area contributed by atoms with E-state index < -0.39 is 5.97 Å². The van der Waals surface area contributed by atoms with Crippen molar-refractivity contribution in [3.8, 4) is 5.75 Å². The minimum atomic E-state index is -1.23. The van der Waals surface area contributed by atoms with E-state index in [0.717, 1.165) is 46.6 Å². The Hall–Kier alpha value is -4.23. The van der Waals surface area contributed by atoms with Gasteiger partial charge >= 0.3 is 0 Å². The number of carboxylic acids is 1. The second-order valence-electron chi connectivity index (χ2n) is 8.77. The van der Waals surface area contributed by atoms with Gasteiger partial charge < -0.3 is 14.6 Å². The van der Waals surface area contributed by atoms with Crippen molar-refractivity contribution in [2.24, 2.45) is 4.99 Å². The number of carboxylic acid groups (broad SMARTS) is 1. The smallest absolute Gasteiger partial charge is 0.271 e. The number of hydrogen-bond donors (Lipinski definition) is 0. The third-order valence-corrected chi connectivity index (χ3v) is 7.73. The van der Waals surface area contributed by atoms with Gasteiger partial charge in [-0.2, -0.15) is 0 Å². The molecular weight excluding hydrogens is 472 g/mol. The molecule has 3 aromatic carbocycles. The zero-order valence-electron chi connectivity index (χ0n) is 19.4. The van der Waals surface area contributed by atoms with Crippen LogP contribution in [0.4, 0.5) is 0 Å². The summed E-state index contributed by atoms with van der Waals surface area (Å²) in [6.07, 6.45) is 3.46. The number of nitrogens with zero attached hydrogens (tertiary/aromatic N) is 2. The van der Waals surface area contributed by atoms with E-state index in [9.17, 15) is 14.7 Å². The van der Waals surface area contributed by atoms with E-state index in [-0.39, 0.29) is 17.2 Å². The van der Waals surface area contributed by atoms with Gasteiger partial charge in [-0.1, -0.05) is 78.1 Å². The minimum Gasteiger partial charge on any atom is -0.545 e. The van der Waals surface area contributed by atoms with Crippen LogP contribution >= 0.6 is 11.3 Å². The lowest BCUT2D eigenvalue weighted by Crippen LogP contribution is -2.39. The number of carbonyl (C=O) groups excluding carboxylic acids is 1. The van der Waals surface area contributed by atoms with Gasteiger partial charge in [0.15, 0.2) is 4.80 Å². The first kappa shape index (κ1) is 22.2. The number of aromatic nitrogens is 1.